The zero-order valence-electron chi connectivity index (χ0n) is 15.1. The van der Waals surface area contributed by atoms with Crippen molar-refractivity contribution in [2.24, 2.45) is 0 Å². The normalized spacial score (nSPS) is 10.4. The molecule has 0 saturated heterocycles. The number of methoxy groups -OCH3 is 1. The van der Waals surface area contributed by atoms with Gasteiger partial charge in [0.05, 0.1) is 19.3 Å². The summed E-state index contributed by atoms with van der Waals surface area (Å²) in [5.41, 5.74) is 5.28. The fourth-order valence-electron chi connectivity index (χ4n) is 2.81. The molecule has 0 atom stereocenters. The van der Waals surface area contributed by atoms with Crippen LogP contribution in [-0.4, -0.2) is 26.1 Å². The quantitative estimate of drug-likeness (QED) is 0.869. The molecule has 0 saturated carbocycles. The summed E-state index contributed by atoms with van der Waals surface area (Å²) in [6, 6.07) is 12.0. The van der Waals surface area contributed by atoms with Gasteiger partial charge in [0.15, 0.2) is 0 Å². The summed E-state index contributed by atoms with van der Waals surface area (Å²) in [5.74, 6) is 0.615. The topological polar surface area (TPSA) is 41.6 Å². The van der Waals surface area contributed by atoms with Crippen molar-refractivity contribution in [1.82, 2.24) is 0 Å². The molecule has 0 aliphatic heterocycles. The molecular weight excluding hydrogens is 300 g/mol. The largest absolute Gasteiger partial charge is 0.495 e. The number of nitrogens with one attached hydrogen (secondary N) is 1. The Morgan fingerprint density at radius 1 is 1.08 bits per heavy atom. The number of hydrogen-bond acceptors (Lipinski definition) is 3. The van der Waals surface area contributed by atoms with E-state index in [-0.39, 0.29) is 5.91 Å². The molecule has 0 heterocycles. The van der Waals surface area contributed by atoms with Gasteiger partial charge in [0.2, 0.25) is 5.91 Å². The Morgan fingerprint density at radius 2 is 1.75 bits per heavy atom. The molecule has 0 fully saturated rings. The first-order valence-corrected chi connectivity index (χ1v) is 8.21. The SMILES string of the molecule is CCN(CC(=O)Nc1cc(C)ccc1OC)c1ccc(C)cc1C. The van der Waals surface area contributed by atoms with Gasteiger partial charge in [-0.05, 0) is 57.0 Å². The van der Waals surface area contributed by atoms with Crippen molar-refractivity contribution in [2.45, 2.75) is 27.7 Å². The molecule has 0 unspecified atom stereocenters. The van der Waals surface area contributed by atoms with Crippen LogP contribution in [0.1, 0.15) is 23.6 Å². The maximum atomic E-state index is 12.5. The second-order valence-corrected chi connectivity index (χ2v) is 6.06. The fraction of sp³-hybridized carbons (Fsp3) is 0.350. The van der Waals surface area contributed by atoms with Gasteiger partial charge in [0, 0.05) is 12.2 Å². The molecule has 0 aromatic heterocycles. The van der Waals surface area contributed by atoms with Crippen molar-refractivity contribution in [3.05, 3.63) is 53.1 Å². The Morgan fingerprint density at radius 3 is 2.38 bits per heavy atom. The van der Waals surface area contributed by atoms with E-state index in [9.17, 15) is 4.79 Å². The zero-order chi connectivity index (χ0) is 17.7. The molecule has 4 nitrogen and oxygen atoms in total. The molecule has 0 radical (unpaired) electrons. The van der Waals surface area contributed by atoms with Crippen LogP contribution in [0.2, 0.25) is 0 Å². The molecule has 0 bridgehead atoms. The van der Waals surface area contributed by atoms with Gasteiger partial charge in [-0.25, -0.2) is 0 Å². The van der Waals surface area contributed by atoms with Gasteiger partial charge >= 0.3 is 0 Å². The highest BCUT2D eigenvalue weighted by atomic mass is 16.5. The summed E-state index contributed by atoms with van der Waals surface area (Å²) in [6.45, 7) is 9.26. The van der Waals surface area contributed by atoms with E-state index in [2.05, 4.69) is 49.2 Å². The van der Waals surface area contributed by atoms with Crippen LogP contribution in [0.4, 0.5) is 11.4 Å². The Labute approximate surface area is 144 Å². The lowest BCUT2D eigenvalue weighted by Gasteiger charge is -2.25. The van der Waals surface area contributed by atoms with Crippen LogP contribution in [0.5, 0.6) is 5.75 Å². The lowest BCUT2D eigenvalue weighted by Crippen LogP contribution is -2.33. The van der Waals surface area contributed by atoms with E-state index in [4.69, 9.17) is 4.74 Å². The molecular formula is C20H26N2O2. The molecule has 0 spiro atoms. The van der Waals surface area contributed by atoms with Crippen LogP contribution < -0.4 is 15.0 Å². The van der Waals surface area contributed by atoms with Gasteiger partial charge in [-0.15, -0.1) is 0 Å². The number of aryl methyl sites for hydroxylation is 3. The number of hydrogen-bond donors (Lipinski definition) is 1. The van der Waals surface area contributed by atoms with E-state index in [1.807, 2.05) is 25.1 Å². The van der Waals surface area contributed by atoms with E-state index in [0.29, 0.717) is 18.0 Å². The standard InChI is InChI=1S/C20H26N2O2/c1-6-22(18-9-7-14(2)11-16(18)4)13-20(23)21-17-12-15(3)8-10-19(17)24-5/h7-12H,6,13H2,1-5H3,(H,21,23). The Balaban J connectivity index is 2.14. The van der Waals surface area contributed by atoms with Crippen molar-refractivity contribution < 1.29 is 9.53 Å². The average molecular weight is 326 g/mol. The first kappa shape index (κ1) is 17.9. The van der Waals surface area contributed by atoms with Crippen molar-refractivity contribution in [3.63, 3.8) is 0 Å². The van der Waals surface area contributed by atoms with Gasteiger partial charge in [-0.1, -0.05) is 23.8 Å². The zero-order valence-corrected chi connectivity index (χ0v) is 15.1. The van der Waals surface area contributed by atoms with Gasteiger partial charge in [0.1, 0.15) is 5.75 Å². The predicted octanol–water partition coefficient (Wildman–Crippen LogP) is 4.09. The highest BCUT2D eigenvalue weighted by Crippen LogP contribution is 2.26. The number of nitrogens with zero attached hydrogens (tertiary/aromatic N) is 1. The number of anilines is 2. The smallest absolute Gasteiger partial charge is 0.243 e. The monoisotopic (exact) mass is 326 g/mol. The summed E-state index contributed by atoms with van der Waals surface area (Å²) < 4.78 is 5.32. The molecule has 4 heteroatoms. The Kier molecular flexibility index (Phi) is 5.85. The molecule has 1 amide bonds. The van der Waals surface area contributed by atoms with Gasteiger partial charge < -0.3 is 15.0 Å². The minimum atomic E-state index is -0.0549. The molecule has 128 valence electrons. The minimum absolute atomic E-state index is 0.0549. The molecule has 1 N–H and O–H groups in total. The Hall–Kier alpha value is -2.49. The summed E-state index contributed by atoms with van der Waals surface area (Å²) in [7, 11) is 1.61. The summed E-state index contributed by atoms with van der Waals surface area (Å²) in [4.78, 5) is 14.6. The van der Waals surface area contributed by atoms with Gasteiger partial charge in [-0.3, -0.25) is 4.79 Å². The fourth-order valence-corrected chi connectivity index (χ4v) is 2.81. The van der Waals surface area contributed by atoms with Crippen LogP contribution in [0.3, 0.4) is 0 Å². The van der Waals surface area contributed by atoms with E-state index >= 15 is 0 Å². The third kappa shape index (κ3) is 4.28. The number of amides is 1. The first-order valence-electron chi connectivity index (χ1n) is 8.21. The summed E-state index contributed by atoms with van der Waals surface area (Å²) >= 11 is 0. The van der Waals surface area contributed by atoms with Crippen molar-refractivity contribution >= 4 is 17.3 Å². The molecule has 2 rings (SSSR count). The number of benzene rings is 2. The van der Waals surface area contributed by atoms with Crippen molar-refractivity contribution in [2.75, 3.05) is 30.4 Å². The second-order valence-electron chi connectivity index (χ2n) is 6.06. The summed E-state index contributed by atoms with van der Waals surface area (Å²) in [5, 5.41) is 2.96. The number of rotatable bonds is 6. The van der Waals surface area contributed by atoms with E-state index < -0.39 is 0 Å². The van der Waals surface area contributed by atoms with Crippen LogP contribution in [0, 0.1) is 20.8 Å². The highest BCUT2D eigenvalue weighted by molar-refractivity contribution is 5.95. The average Bonchev–Trinajstić information content (AvgIpc) is 2.53. The molecule has 2 aromatic rings. The van der Waals surface area contributed by atoms with Gasteiger partial charge in [0.25, 0.3) is 0 Å². The van der Waals surface area contributed by atoms with Crippen LogP contribution in [0.15, 0.2) is 36.4 Å². The first-order chi connectivity index (χ1) is 11.4. The maximum absolute atomic E-state index is 12.5. The lowest BCUT2D eigenvalue weighted by atomic mass is 10.1. The molecule has 0 aliphatic carbocycles. The number of carbonyl (C=O) groups excluding carboxylic acids is 1. The Bertz CT molecular complexity index is 726. The minimum Gasteiger partial charge on any atom is -0.495 e. The maximum Gasteiger partial charge on any atom is 0.243 e. The van der Waals surface area contributed by atoms with Crippen molar-refractivity contribution in [1.29, 1.82) is 0 Å². The number of carbonyl (C=O) groups is 1. The van der Waals surface area contributed by atoms with Crippen LogP contribution >= 0.6 is 0 Å². The predicted molar refractivity (Wildman–Crippen MR) is 100 cm³/mol. The second kappa shape index (κ2) is 7.86. The molecule has 2 aromatic carbocycles. The van der Waals surface area contributed by atoms with E-state index in [1.54, 1.807) is 7.11 Å². The number of ether oxygens (including phenoxy) is 1. The van der Waals surface area contributed by atoms with E-state index in [0.717, 1.165) is 17.8 Å². The molecule has 0 aliphatic rings. The highest BCUT2D eigenvalue weighted by Gasteiger charge is 2.14. The van der Waals surface area contributed by atoms with Crippen LogP contribution in [0.25, 0.3) is 0 Å². The third-order valence-corrected chi connectivity index (χ3v) is 4.04. The summed E-state index contributed by atoms with van der Waals surface area (Å²) in [6.07, 6.45) is 0. The van der Waals surface area contributed by atoms with E-state index in [1.165, 1.54) is 11.1 Å². The van der Waals surface area contributed by atoms with Crippen LogP contribution in [-0.2, 0) is 4.79 Å². The number of likely N-dealkylation sites (N-methyl/N-ethyl adjacent to an activating group) is 1. The third-order valence-electron chi connectivity index (χ3n) is 4.04. The van der Waals surface area contributed by atoms with Gasteiger partial charge in [-0.2, -0.15) is 0 Å². The van der Waals surface area contributed by atoms with Crippen molar-refractivity contribution in [3.8, 4) is 5.75 Å². The molecule has 24 heavy (non-hydrogen) atoms. The lowest BCUT2D eigenvalue weighted by molar-refractivity contribution is -0.115.